The Hall–Kier alpha value is -1.83. The Morgan fingerprint density at radius 2 is 1.78 bits per heavy atom. The molecular weight excluding hydrogens is 352 g/mol. The van der Waals surface area contributed by atoms with Gasteiger partial charge in [-0.15, -0.1) is 0 Å². The molecule has 8 heteroatoms. The lowest BCUT2D eigenvalue weighted by Crippen LogP contribution is -2.59. The molecule has 1 saturated carbocycles. The lowest BCUT2D eigenvalue weighted by molar-refractivity contribution is -0.152. The molecule has 8 nitrogen and oxygen atoms in total. The van der Waals surface area contributed by atoms with Gasteiger partial charge in [0.1, 0.15) is 17.7 Å². The Morgan fingerprint density at radius 3 is 2.22 bits per heavy atom. The van der Waals surface area contributed by atoms with Crippen molar-refractivity contribution in [1.29, 1.82) is 0 Å². The van der Waals surface area contributed by atoms with Gasteiger partial charge >= 0.3 is 12.1 Å². The molecule has 1 saturated heterocycles. The molecule has 2 rings (SSSR count). The van der Waals surface area contributed by atoms with Gasteiger partial charge in [-0.05, 0) is 32.1 Å². The normalized spacial score (nSPS) is 27.6. The molecule has 1 aliphatic heterocycles. The number of carbonyl (C=O) groups excluding carboxylic acids is 2. The minimum absolute atomic E-state index is 0.0987. The van der Waals surface area contributed by atoms with Crippen molar-refractivity contribution in [3.8, 4) is 0 Å². The standard InChI is InChI=1S/C19H32N2O6/c1-17(2,3)27-16(26)20-13(18(4,5)9-22)14(23)21-8-10-11(19(10,6)7)12(21)15(24)25/h10-13,22H,8-9H2,1-7H3,(H,20,26)(H,24,25)/t10-,11-,12-,13+/m0/s1. The highest BCUT2D eigenvalue weighted by atomic mass is 16.6. The minimum atomic E-state index is -1.10. The number of alkyl carbamates (subject to hydrolysis) is 1. The SMILES string of the molecule is CC(C)(C)OC(=O)N[C@H](C(=O)N1C[C@H]2[C@@H]([C@H]1C(=O)O)C2(C)C)C(C)(C)CO. The van der Waals surface area contributed by atoms with Gasteiger partial charge < -0.3 is 25.2 Å². The highest BCUT2D eigenvalue weighted by molar-refractivity contribution is 5.91. The molecule has 2 fully saturated rings. The van der Waals surface area contributed by atoms with Gasteiger partial charge in [0, 0.05) is 17.9 Å². The summed E-state index contributed by atoms with van der Waals surface area (Å²) >= 11 is 0. The monoisotopic (exact) mass is 384 g/mol. The summed E-state index contributed by atoms with van der Waals surface area (Å²) in [7, 11) is 0. The second kappa shape index (κ2) is 6.65. The average Bonchev–Trinajstić information content (AvgIpc) is 2.86. The number of piperidine rings is 1. The van der Waals surface area contributed by atoms with E-state index in [-0.39, 0.29) is 23.9 Å². The van der Waals surface area contributed by atoms with E-state index in [0.29, 0.717) is 6.54 Å². The fourth-order valence-electron chi connectivity index (χ4n) is 4.07. The summed E-state index contributed by atoms with van der Waals surface area (Å²) < 4.78 is 5.24. The molecular formula is C19H32N2O6. The van der Waals surface area contributed by atoms with E-state index in [0.717, 1.165) is 0 Å². The summed E-state index contributed by atoms with van der Waals surface area (Å²) in [5.74, 6) is -1.52. The Labute approximate surface area is 160 Å². The predicted octanol–water partition coefficient (Wildman–Crippen LogP) is 1.47. The molecule has 0 radical (unpaired) electrons. The van der Waals surface area contributed by atoms with E-state index < -0.39 is 41.1 Å². The van der Waals surface area contributed by atoms with Crippen LogP contribution < -0.4 is 5.32 Å². The Kier molecular flexibility index (Phi) is 5.29. The van der Waals surface area contributed by atoms with E-state index in [2.05, 4.69) is 5.32 Å². The van der Waals surface area contributed by atoms with Crippen molar-refractivity contribution in [2.45, 2.75) is 66.2 Å². The molecule has 2 amide bonds. The number of likely N-dealkylation sites (tertiary alicyclic amines) is 1. The van der Waals surface area contributed by atoms with Gasteiger partial charge in [-0.3, -0.25) is 4.79 Å². The maximum Gasteiger partial charge on any atom is 0.408 e. The Morgan fingerprint density at radius 1 is 1.22 bits per heavy atom. The summed E-state index contributed by atoms with van der Waals surface area (Å²) in [4.78, 5) is 38.6. The van der Waals surface area contributed by atoms with E-state index in [1.807, 2.05) is 13.8 Å². The van der Waals surface area contributed by atoms with E-state index >= 15 is 0 Å². The number of amides is 2. The first-order valence-corrected chi connectivity index (χ1v) is 9.27. The third kappa shape index (κ3) is 4.05. The van der Waals surface area contributed by atoms with E-state index in [1.54, 1.807) is 34.6 Å². The first kappa shape index (κ1) is 21.5. The van der Waals surface area contributed by atoms with Crippen molar-refractivity contribution in [1.82, 2.24) is 10.2 Å². The van der Waals surface area contributed by atoms with Crippen LogP contribution in [0.5, 0.6) is 0 Å². The van der Waals surface area contributed by atoms with Crippen molar-refractivity contribution >= 4 is 18.0 Å². The van der Waals surface area contributed by atoms with E-state index in [1.165, 1.54) is 4.90 Å². The molecule has 0 unspecified atom stereocenters. The largest absolute Gasteiger partial charge is 0.480 e. The molecule has 154 valence electrons. The number of aliphatic hydroxyl groups is 1. The summed E-state index contributed by atoms with van der Waals surface area (Å²) in [6, 6.07) is -2.02. The molecule has 0 bridgehead atoms. The number of aliphatic hydroxyl groups excluding tert-OH is 1. The van der Waals surface area contributed by atoms with Crippen LogP contribution in [0.1, 0.15) is 48.5 Å². The van der Waals surface area contributed by atoms with Gasteiger partial charge in [-0.1, -0.05) is 27.7 Å². The lowest BCUT2D eigenvalue weighted by atomic mass is 9.84. The number of nitrogens with zero attached hydrogens (tertiary/aromatic N) is 1. The van der Waals surface area contributed by atoms with Crippen molar-refractivity contribution in [3.05, 3.63) is 0 Å². The van der Waals surface area contributed by atoms with Crippen LogP contribution in [0.25, 0.3) is 0 Å². The molecule has 1 heterocycles. The third-order valence-electron chi connectivity index (χ3n) is 5.84. The lowest BCUT2D eigenvalue weighted by Gasteiger charge is -2.37. The molecule has 3 N–H and O–H groups in total. The highest BCUT2D eigenvalue weighted by Gasteiger charge is 2.70. The van der Waals surface area contributed by atoms with E-state index in [4.69, 9.17) is 4.74 Å². The molecule has 0 aromatic rings. The van der Waals surface area contributed by atoms with Crippen LogP contribution in [0.15, 0.2) is 0 Å². The van der Waals surface area contributed by atoms with Crippen LogP contribution >= 0.6 is 0 Å². The van der Waals surface area contributed by atoms with Crippen LogP contribution in [0.3, 0.4) is 0 Å². The number of carboxylic acid groups (broad SMARTS) is 1. The van der Waals surface area contributed by atoms with Crippen LogP contribution in [0.4, 0.5) is 4.79 Å². The van der Waals surface area contributed by atoms with Gasteiger partial charge in [0.25, 0.3) is 0 Å². The zero-order valence-corrected chi connectivity index (χ0v) is 17.2. The number of hydrogen-bond acceptors (Lipinski definition) is 5. The maximum atomic E-state index is 13.2. The van der Waals surface area contributed by atoms with Gasteiger partial charge in [-0.25, -0.2) is 9.59 Å². The van der Waals surface area contributed by atoms with Crippen LogP contribution in [-0.2, 0) is 14.3 Å². The molecule has 0 aromatic carbocycles. The van der Waals surface area contributed by atoms with Crippen molar-refractivity contribution in [3.63, 3.8) is 0 Å². The fraction of sp³-hybridized carbons (Fsp3) is 0.842. The zero-order chi connectivity index (χ0) is 20.9. The highest BCUT2D eigenvalue weighted by Crippen LogP contribution is 2.65. The van der Waals surface area contributed by atoms with Gasteiger partial charge in [0.05, 0.1) is 6.61 Å². The third-order valence-corrected chi connectivity index (χ3v) is 5.84. The number of carbonyl (C=O) groups is 3. The number of ether oxygens (including phenoxy) is 1. The van der Waals surface area contributed by atoms with Crippen LogP contribution in [0.2, 0.25) is 0 Å². The number of fused-ring (bicyclic) bond motifs is 1. The quantitative estimate of drug-likeness (QED) is 0.661. The van der Waals surface area contributed by atoms with Crippen molar-refractivity contribution in [2.24, 2.45) is 22.7 Å². The predicted molar refractivity (Wildman–Crippen MR) is 97.9 cm³/mol. The average molecular weight is 384 g/mol. The first-order valence-electron chi connectivity index (χ1n) is 9.27. The van der Waals surface area contributed by atoms with Gasteiger partial charge in [-0.2, -0.15) is 0 Å². The molecule has 2 aliphatic rings. The molecule has 1 aliphatic carbocycles. The number of rotatable bonds is 5. The Bertz CT molecular complexity index is 637. The Balaban J connectivity index is 2.24. The molecule has 0 spiro atoms. The first-order chi connectivity index (χ1) is 12.1. The van der Waals surface area contributed by atoms with Crippen molar-refractivity contribution in [2.75, 3.05) is 13.2 Å². The summed E-state index contributed by atoms with van der Waals surface area (Å²) in [5, 5.41) is 22.0. The second-order valence-corrected chi connectivity index (χ2v) is 9.95. The second-order valence-electron chi connectivity index (χ2n) is 9.95. The number of nitrogens with one attached hydrogen (secondary N) is 1. The topological polar surface area (TPSA) is 116 Å². The minimum Gasteiger partial charge on any atom is -0.480 e. The smallest absolute Gasteiger partial charge is 0.408 e. The van der Waals surface area contributed by atoms with Gasteiger partial charge in [0.15, 0.2) is 0 Å². The van der Waals surface area contributed by atoms with Gasteiger partial charge in [0.2, 0.25) is 5.91 Å². The molecule has 27 heavy (non-hydrogen) atoms. The number of carboxylic acids is 1. The van der Waals surface area contributed by atoms with Crippen LogP contribution in [0, 0.1) is 22.7 Å². The fourth-order valence-corrected chi connectivity index (χ4v) is 4.07. The van der Waals surface area contributed by atoms with E-state index in [9.17, 15) is 24.6 Å². The van der Waals surface area contributed by atoms with Crippen molar-refractivity contribution < 1.29 is 29.3 Å². The van der Waals surface area contributed by atoms with Crippen LogP contribution in [-0.4, -0.2) is 63.9 Å². The molecule has 0 aromatic heterocycles. The zero-order valence-electron chi connectivity index (χ0n) is 17.2. The molecule has 4 atom stereocenters. The summed E-state index contributed by atoms with van der Waals surface area (Å²) in [5.41, 5.74) is -1.84. The summed E-state index contributed by atoms with van der Waals surface area (Å²) in [6.45, 7) is 12.4. The maximum absolute atomic E-state index is 13.2. The number of aliphatic carboxylic acids is 1. The summed E-state index contributed by atoms with van der Waals surface area (Å²) in [6.07, 6.45) is -0.779. The number of hydrogen-bond donors (Lipinski definition) is 3.